The second-order valence-electron chi connectivity index (χ2n) is 5.85. The van der Waals surface area contributed by atoms with Crippen LogP contribution in [0, 0.1) is 13.1 Å². The third-order valence-corrected chi connectivity index (χ3v) is 4.73. The third-order valence-electron chi connectivity index (χ3n) is 4.24. The molecule has 0 aliphatic carbocycles. The average molecular weight is 435 g/mol. The van der Waals surface area contributed by atoms with Gasteiger partial charge in [-0.1, -0.05) is 22.0 Å². The molecule has 2 aromatic carbocycles. The van der Waals surface area contributed by atoms with Crippen molar-refractivity contribution < 1.29 is 9.53 Å². The fourth-order valence-corrected chi connectivity index (χ4v) is 3.29. The number of benzene rings is 2. The topological polar surface area (TPSA) is 66.0 Å². The first kappa shape index (κ1) is 19.4. The second-order valence-corrected chi connectivity index (χ2v) is 6.77. The molecule has 0 unspecified atom stereocenters. The molecule has 2 N–H and O–H groups in total. The SMILES string of the molecule is [C-]#[N+]/C(=C\c1cc([N+]#[C-])ccc1OC)c1cn(C(=O)CN)c2ccc(Br)cc12. The Hall–Kier alpha value is -3.39. The maximum atomic E-state index is 12.3. The van der Waals surface area contributed by atoms with Crippen LogP contribution in [0.15, 0.2) is 47.1 Å². The molecule has 6 nitrogen and oxygen atoms in total. The quantitative estimate of drug-likeness (QED) is 0.588. The molecule has 0 radical (unpaired) electrons. The average Bonchev–Trinajstić information content (AvgIpc) is 3.09. The lowest BCUT2D eigenvalue weighted by molar-refractivity contribution is 0.0928. The predicted molar refractivity (Wildman–Crippen MR) is 113 cm³/mol. The van der Waals surface area contributed by atoms with Crippen molar-refractivity contribution in [3.8, 4) is 5.75 Å². The van der Waals surface area contributed by atoms with Gasteiger partial charge in [-0.3, -0.25) is 9.36 Å². The number of rotatable bonds is 4. The van der Waals surface area contributed by atoms with E-state index in [1.54, 1.807) is 36.5 Å². The lowest BCUT2D eigenvalue weighted by Gasteiger charge is -2.06. The van der Waals surface area contributed by atoms with Crippen LogP contribution in [0.4, 0.5) is 5.69 Å². The van der Waals surface area contributed by atoms with Crippen molar-refractivity contribution in [3.05, 3.63) is 81.0 Å². The summed E-state index contributed by atoms with van der Waals surface area (Å²) >= 11 is 3.44. The van der Waals surface area contributed by atoms with E-state index in [2.05, 4.69) is 25.6 Å². The van der Waals surface area contributed by atoms with Gasteiger partial charge >= 0.3 is 0 Å². The Balaban J connectivity index is 2.27. The van der Waals surface area contributed by atoms with Crippen LogP contribution in [-0.2, 0) is 0 Å². The van der Waals surface area contributed by atoms with Gasteiger partial charge in [0, 0.05) is 16.2 Å². The number of nitrogens with zero attached hydrogens (tertiary/aromatic N) is 3. The maximum absolute atomic E-state index is 12.3. The first-order valence-corrected chi connectivity index (χ1v) is 9.00. The number of methoxy groups -OCH3 is 1. The van der Waals surface area contributed by atoms with E-state index in [0.29, 0.717) is 33.8 Å². The van der Waals surface area contributed by atoms with Crippen molar-refractivity contribution in [1.29, 1.82) is 0 Å². The Morgan fingerprint density at radius 3 is 2.71 bits per heavy atom. The molecule has 0 fully saturated rings. The maximum Gasteiger partial charge on any atom is 0.244 e. The molecule has 0 aliphatic heterocycles. The highest BCUT2D eigenvalue weighted by Gasteiger charge is 2.17. The minimum atomic E-state index is -0.268. The van der Waals surface area contributed by atoms with Gasteiger partial charge in [-0.25, -0.2) is 9.69 Å². The molecular weight excluding hydrogens is 420 g/mol. The Kier molecular flexibility index (Phi) is 5.60. The fourth-order valence-electron chi connectivity index (χ4n) is 2.93. The van der Waals surface area contributed by atoms with Crippen LogP contribution in [0.3, 0.4) is 0 Å². The molecule has 3 rings (SSSR count). The number of nitrogens with two attached hydrogens (primary N) is 1. The van der Waals surface area contributed by atoms with Crippen LogP contribution in [-0.4, -0.2) is 24.1 Å². The summed E-state index contributed by atoms with van der Waals surface area (Å²) in [7, 11) is 1.53. The van der Waals surface area contributed by atoms with E-state index in [4.69, 9.17) is 23.6 Å². The number of ether oxygens (including phenoxy) is 1. The summed E-state index contributed by atoms with van der Waals surface area (Å²) < 4.78 is 7.65. The molecule has 28 heavy (non-hydrogen) atoms. The van der Waals surface area contributed by atoms with E-state index in [0.717, 1.165) is 9.86 Å². The number of aromatic nitrogens is 1. The summed E-state index contributed by atoms with van der Waals surface area (Å²) in [6.45, 7) is 14.8. The van der Waals surface area contributed by atoms with Crippen LogP contribution in [0.2, 0.25) is 0 Å². The van der Waals surface area contributed by atoms with Gasteiger partial charge in [0.15, 0.2) is 11.4 Å². The smallest absolute Gasteiger partial charge is 0.244 e. The molecule has 0 aliphatic rings. The molecule has 0 saturated heterocycles. The van der Waals surface area contributed by atoms with Gasteiger partial charge in [-0.15, -0.1) is 0 Å². The van der Waals surface area contributed by atoms with Crippen molar-refractivity contribution >= 4 is 50.2 Å². The number of hydrogen-bond acceptors (Lipinski definition) is 3. The second kappa shape index (κ2) is 8.10. The monoisotopic (exact) mass is 434 g/mol. The van der Waals surface area contributed by atoms with Crippen molar-refractivity contribution in [3.63, 3.8) is 0 Å². The molecule has 0 spiro atoms. The standard InChI is InChI=1S/C21H15BrN4O2/c1-24-15-5-7-20(28-3)13(8-15)9-18(25-2)17-12-26(21(27)11-23)19-6-4-14(22)10-16(17)19/h4-10,12H,11,23H2,3H3/b18-9-. The summed E-state index contributed by atoms with van der Waals surface area (Å²) in [5.74, 6) is 0.284. The summed E-state index contributed by atoms with van der Waals surface area (Å²) in [6, 6.07) is 10.5. The zero-order chi connectivity index (χ0) is 20.3. The van der Waals surface area contributed by atoms with Crippen LogP contribution < -0.4 is 10.5 Å². The van der Waals surface area contributed by atoms with E-state index in [1.807, 2.05) is 12.1 Å². The minimum absolute atomic E-state index is 0.142. The summed E-state index contributed by atoms with van der Waals surface area (Å²) in [6.07, 6.45) is 3.29. The Morgan fingerprint density at radius 1 is 1.29 bits per heavy atom. The van der Waals surface area contributed by atoms with E-state index in [1.165, 1.54) is 11.7 Å². The zero-order valence-corrected chi connectivity index (χ0v) is 16.5. The highest BCUT2D eigenvalue weighted by atomic mass is 79.9. The van der Waals surface area contributed by atoms with E-state index < -0.39 is 0 Å². The van der Waals surface area contributed by atoms with Crippen molar-refractivity contribution in [1.82, 2.24) is 4.57 Å². The highest BCUT2D eigenvalue weighted by molar-refractivity contribution is 9.10. The summed E-state index contributed by atoms with van der Waals surface area (Å²) in [5.41, 5.74) is 8.19. The molecule has 3 aromatic rings. The van der Waals surface area contributed by atoms with Gasteiger partial charge in [0.2, 0.25) is 5.91 Å². The molecule has 0 amide bonds. The number of fused-ring (bicyclic) bond motifs is 1. The number of carbonyl (C=O) groups is 1. The van der Waals surface area contributed by atoms with Gasteiger partial charge in [-0.2, -0.15) is 0 Å². The van der Waals surface area contributed by atoms with Crippen molar-refractivity contribution in [2.45, 2.75) is 0 Å². The lowest BCUT2D eigenvalue weighted by Crippen LogP contribution is -2.20. The molecule has 0 bridgehead atoms. The molecular formula is C21H15BrN4O2. The molecule has 1 heterocycles. The van der Waals surface area contributed by atoms with Gasteiger partial charge in [0.1, 0.15) is 5.75 Å². The van der Waals surface area contributed by atoms with Crippen LogP contribution in [0.5, 0.6) is 5.75 Å². The Morgan fingerprint density at radius 2 is 2.07 bits per heavy atom. The predicted octanol–water partition coefficient (Wildman–Crippen LogP) is 4.98. The normalized spacial score (nSPS) is 11.1. The number of carbonyl (C=O) groups excluding carboxylic acids is 1. The Labute approximate surface area is 170 Å². The van der Waals surface area contributed by atoms with Crippen LogP contribution in [0.1, 0.15) is 15.9 Å². The first-order valence-electron chi connectivity index (χ1n) is 8.21. The van der Waals surface area contributed by atoms with Crippen LogP contribution >= 0.6 is 15.9 Å². The summed E-state index contributed by atoms with van der Waals surface area (Å²) in [4.78, 5) is 19.4. The van der Waals surface area contributed by atoms with E-state index in [-0.39, 0.29) is 12.5 Å². The number of halogens is 1. The fraction of sp³-hybridized carbons (Fsp3) is 0.0952. The Bertz CT molecular complexity index is 1200. The summed E-state index contributed by atoms with van der Waals surface area (Å²) in [5, 5.41) is 0.749. The first-order chi connectivity index (χ1) is 13.5. The molecule has 138 valence electrons. The van der Waals surface area contributed by atoms with Crippen LogP contribution in [0.25, 0.3) is 32.4 Å². The van der Waals surface area contributed by atoms with Crippen molar-refractivity contribution in [2.75, 3.05) is 13.7 Å². The molecule has 0 saturated carbocycles. The molecule has 0 atom stereocenters. The lowest BCUT2D eigenvalue weighted by atomic mass is 10.1. The molecule has 7 heteroatoms. The van der Waals surface area contributed by atoms with E-state index >= 15 is 0 Å². The van der Waals surface area contributed by atoms with Gasteiger partial charge < -0.3 is 10.5 Å². The zero-order valence-electron chi connectivity index (χ0n) is 14.9. The largest absolute Gasteiger partial charge is 0.496 e. The molecule has 1 aromatic heterocycles. The van der Waals surface area contributed by atoms with Gasteiger partial charge in [0.05, 0.1) is 32.3 Å². The minimum Gasteiger partial charge on any atom is -0.496 e. The van der Waals surface area contributed by atoms with Crippen molar-refractivity contribution in [2.24, 2.45) is 5.73 Å². The van der Waals surface area contributed by atoms with Gasteiger partial charge in [-0.05, 0) is 47.4 Å². The highest BCUT2D eigenvalue weighted by Crippen LogP contribution is 2.34. The van der Waals surface area contributed by atoms with Gasteiger partial charge in [0.25, 0.3) is 0 Å². The third kappa shape index (κ3) is 3.54. The number of hydrogen-bond donors (Lipinski definition) is 1. The van der Waals surface area contributed by atoms with E-state index in [9.17, 15) is 4.79 Å².